The van der Waals surface area contributed by atoms with E-state index in [0.29, 0.717) is 16.7 Å². The maximum absolute atomic E-state index is 11.6. The summed E-state index contributed by atoms with van der Waals surface area (Å²) in [6.07, 6.45) is 3.20. The van der Waals surface area contributed by atoms with Crippen LogP contribution in [0.15, 0.2) is 6.20 Å². The van der Waals surface area contributed by atoms with Gasteiger partial charge in [-0.15, -0.1) is 0 Å². The lowest BCUT2D eigenvalue weighted by molar-refractivity contribution is -0.0520. The molecule has 1 N–H and O–H groups in total. The van der Waals surface area contributed by atoms with Crippen molar-refractivity contribution in [3.05, 3.63) is 11.1 Å². The van der Waals surface area contributed by atoms with Crippen molar-refractivity contribution in [2.45, 2.75) is 25.0 Å². The highest BCUT2D eigenvalue weighted by atomic mass is 32.1. The Bertz CT molecular complexity index is 619. The second kappa shape index (κ2) is 7.19. The number of thiazole rings is 1. The Labute approximate surface area is 151 Å². The third kappa shape index (κ3) is 3.40. The molecule has 2 aliphatic heterocycles. The number of anilines is 1. The van der Waals surface area contributed by atoms with Gasteiger partial charge in [-0.3, -0.25) is 4.90 Å². The number of rotatable bonds is 3. The van der Waals surface area contributed by atoms with Crippen LogP contribution in [0.25, 0.3) is 0 Å². The number of fused-ring (bicyclic) bond motifs is 1. The van der Waals surface area contributed by atoms with E-state index in [-0.39, 0.29) is 18.1 Å². The van der Waals surface area contributed by atoms with E-state index in [0.717, 1.165) is 57.4 Å². The predicted molar refractivity (Wildman–Crippen MR) is 94.1 cm³/mol. The van der Waals surface area contributed by atoms with Crippen LogP contribution in [0, 0.1) is 11.8 Å². The molecule has 8 heteroatoms. The normalized spacial score (nSPS) is 33.3. The third-order valence-corrected chi connectivity index (χ3v) is 6.81. The lowest BCUT2D eigenvalue weighted by Gasteiger charge is -2.43. The van der Waals surface area contributed by atoms with Crippen molar-refractivity contribution < 1.29 is 19.4 Å². The molecule has 3 heterocycles. The summed E-state index contributed by atoms with van der Waals surface area (Å²) in [6, 6.07) is 0.243. The summed E-state index contributed by atoms with van der Waals surface area (Å²) in [5.41, 5.74) is 0. The smallest absolute Gasteiger partial charge is 0.349 e. The van der Waals surface area contributed by atoms with Crippen LogP contribution in [0.4, 0.5) is 5.13 Å². The first-order chi connectivity index (χ1) is 12.2. The molecule has 2 saturated heterocycles. The van der Waals surface area contributed by atoms with Crippen LogP contribution in [0.1, 0.15) is 22.5 Å². The molecule has 1 aromatic rings. The van der Waals surface area contributed by atoms with E-state index in [9.17, 15) is 9.90 Å². The van der Waals surface area contributed by atoms with Gasteiger partial charge in [0.15, 0.2) is 5.13 Å². The number of carbonyl (C=O) groups excluding carboxylic acids is 1. The Morgan fingerprint density at radius 2 is 2.04 bits per heavy atom. The molecule has 1 saturated carbocycles. The zero-order valence-electron chi connectivity index (χ0n) is 14.5. The molecular formula is C17H25N3O4S. The molecule has 4 atom stereocenters. The van der Waals surface area contributed by atoms with Gasteiger partial charge in [0.1, 0.15) is 4.88 Å². The summed E-state index contributed by atoms with van der Waals surface area (Å²) in [5, 5.41) is 11.5. The minimum absolute atomic E-state index is 0.243. The SMILES string of the molecule is COC(=O)c1cnc(N2C[C@H]3C[C@@H](N4CCOCC4)[C@H](O)C[C@H]3C2)s1. The van der Waals surface area contributed by atoms with Crippen LogP contribution >= 0.6 is 11.3 Å². The molecular weight excluding hydrogens is 342 g/mol. The minimum Gasteiger partial charge on any atom is -0.465 e. The number of hydrogen-bond acceptors (Lipinski definition) is 8. The maximum atomic E-state index is 11.6. The summed E-state index contributed by atoms with van der Waals surface area (Å²) in [7, 11) is 1.39. The van der Waals surface area contributed by atoms with Crippen LogP contribution < -0.4 is 4.90 Å². The van der Waals surface area contributed by atoms with Crippen LogP contribution in [0.5, 0.6) is 0 Å². The number of aliphatic hydroxyl groups excluding tert-OH is 1. The molecule has 7 nitrogen and oxygen atoms in total. The van der Waals surface area contributed by atoms with E-state index in [1.807, 2.05) is 0 Å². The Morgan fingerprint density at radius 3 is 2.76 bits per heavy atom. The van der Waals surface area contributed by atoms with E-state index in [2.05, 4.69) is 14.8 Å². The quantitative estimate of drug-likeness (QED) is 0.794. The molecule has 0 amide bonds. The average Bonchev–Trinajstić information content (AvgIpc) is 3.27. The molecule has 1 aliphatic carbocycles. The molecule has 138 valence electrons. The van der Waals surface area contributed by atoms with E-state index >= 15 is 0 Å². The summed E-state index contributed by atoms with van der Waals surface area (Å²) in [4.78, 5) is 21.2. The van der Waals surface area contributed by atoms with Gasteiger partial charge in [-0.25, -0.2) is 9.78 Å². The van der Waals surface area contributed by atoms with Crippen molar-refractivity contribution in [1.29, 1.82) is 0 Å². The van der Waals surface area contributed by atoms with Gasteiger partial charge in [-0.1, -0.05) is 11.3 Å². The second-order valence-electron chi connectivity index (χ2n) is 7.18. The molecule has 0 aromatic carbocycles. The lowest BCUT2D eigenvalue weighted by Crippen LogP contribution is -2.53. The van der Waals surface area contributed by atoms with Gasteiger partial charge < -0.3 is 19.5 Å². The van der Waals surface area contributed by atoms with E-state index < -0.39 is 0 Å². The zero-order valence-corrected chi connectivity index (χ0v) is 15.3. The molecule has 0 spiro atoms. The molecule has 4 rings (SSSR count). The Kier molecular flexibility index (Phi) is 4.95. The number of aliphatic hydroxyl groups is 1. The van der Waals surface area contributed by atoms with Gasteiger partial charge in [0.2, 0.25) is 0 Å². The Balaban J connectivity index is 1.42. The zero-order chi connectivity index (χ0) is 17.4. The van der Waals surface area contributed by atoms with Crippen LogP contribution in [0.3, 0.4) is 0 Å². The molecule has 0 bridgehead atoms. The van der Waals surface area contributed by atoms with Gasteiger partial charge in [-0.05, 0) is 24.7 Å². The Morgan fingerprint density at radius 1 is 1.32 bits per heavy atom. The number of ether oxygens (including phenoxy) is 2. The van der Waals surface area contributed by atoms with E-state index in [1.54, 1.807) is 6.20 Å². The van der Waals surface area contributed by atoms with Crippen LogP contribution in [-0.2, 0) is 9.47 Å². The van der Waals surface area contributed by atoms with Crippen molar-refractivity contribution in [2.24, 2.45) is 11.8 Å². The van der Waals surface area contributed by atoms with Gasteiger partial charge in [0.25, 0.3) is 0 Å². The number of carbonyl (C=O) groups is 1. The number of methoxy groups -OCH3 is 1. The fourth-order valence-electron chi connectivity index (χ4n) is 4.47. The van der Waals surface area contributed by atoms with Gasteiger partial charge in [0, 0.05) is 32.2 Å². The van der Waals surface area contributed by atoms with Crippen molar-refractivity contribution in [3.8, 4) is 0 Å². The fraction of sp³-hybridized carbons (Fsp3) is 0.765. The summed E-state index contributed by atoms with van der Waals surface area (Å²) < 4.78 is 10.2. The summed E-state index contributed by atoms with van der Waals surface area (Å²) >= 11 is 1.39. The number of aromatic nitrogens is 1. The molecule has 3 aliphatic rings. The van der Waals surface area contributed by atoms with Gasteiger partial charge in [-0.2, -0.15) is 0 Å². The van der Waals surface area contributed by atoms with Crippen molar-refractivity contribution in [1.82, 2.24) is 9.88 Å². The van der Waals surface area contributed by atoms with Gasteiger partial charge >= 0.3 is 5.97 Å². The molecule has 25 heavy (non-hydrogen) atoms. The largest absolute Gasteiger partial charge is 0.465 e. The Hall–Kier alpha value is -1.22. The van der Waals surface area contributed by atoms with Crippen LogP contribution in [-0.4, -0.2) is 79.6 Å². The number of nitrogens with zero attached hydrogens (tertiary/aromatic N) is 3. The van der Waals surface area contributed by atoms with E-state index in [1.165, 1.54) is 18.4 Å². The third-order valence-electron chi connectivity index (χ3n) is 5.77. The highest BCUT2D eigenvalue weighted by molar-refractivity contribution is 7.17. The molecule has 0 unspecified atom stereocenters. The van der Waals surface area contributed by atoms with E-state index in [4.69, 9.17) is 9.47 Å². The second-order valence-corrected chi connectivity index (χ2v) is 8.19. The first-order valence-corrected chi connectivity index (χ1v) is 9.76. The highest BCUT2D eigenvalue weighted by Gasteiger charge is 2.44. The first kappa shape index (κ1) is 17.2. The highest BCUT2D eigenvalue weighted by Crippen LogP contribution is 2.40. The topological polar surface area (TPSA) is 75.1 Å². The summed E-state index contributed by atoms with van der Waals surface area (Å²) in [5.74, 6) is 0.739. The van der Waals surface area contributed by atoms with Crippen molar-refractivity contribution in [3.63, 3.8) is 0 Å². The first-order valence-electron chi connectivity index (χ1n) is 8.94. The fourth-order valence-corrected chi connectivity index (χ4v) is 5.32. The standard InChI is InChI=1S/C17H25N3O4S/c1-23-16(22)15-8-18-17(25-15)20-9-11-6-13(14(21)7-12(11)10-20)19-2-4-24-5-3-19/h8,11-14,21H,2-7,9-10H2,1H3/t11-,12+,13-,14-/m1/s1. The predicted octanol–water partition coefficient (Wildman–Crippen LogP) is 0.838. The number of hydrogen-bond donors (Lipinski definition) is 1. The molecule has 1 aromatic heterocycles. The average molecular weight is 367 g/mol. The summed E-state index contributed by atoms with van der Waals surface area (Å²) in [6.45, 7) is 5.21. The molecule has 3 fully saturated rings. The minimum atomic E-state index is -0.330. The van der Waals surface area contributed by atoms with Gasteiger partial charge in [0.05, 0.1) is 32.6 Å². The lowest BCUT2D eigenvalue weighted by atomic mass is 9.77. The number of morpholine rings is 1. The number of esters is 1. The van der Waals surface area contributed by atoms with Crippen molar-refractivity contribution in [2.75, 3.05) is 51.4 Å². The van der Waals surface area contributed by atoms with Crippen LogP contribution in [0.2, 0.25) is 0 Å². The molecule has 0 radical (unpaired) electrons. The van der Waals surface area contributed by atoms with Crippen molar-refractivity contribution >= 4 is 22.4 Å². The maximum Gasteiger partial charge on any atom is 0.349 e. The monoisotopic (exact) mass is 367 g/mol.